The molecular weight excluding hydrogens is 332 g/mol. The average Bonchev–Trinajstić information content (AvgIpc) is 2.99. The lowest BCUT2D eigenvalue weighted by molar-refractivity contribution is 0.708. The van der Waals surface area contributed by atoms with E-state index < -0.39 is 0 Å². The molecule has 3 heterocycles. The van der Waals surface area contributed by atoms with Crippen LogP contribution in [0.15, 0.2) is 42.7 Å². The van der Waals surface area contributed by atoms with Gasteiger partial charge in [0.05, 0.1) is 11.2 Å². The zero-order valence-corrected chi connectivity index (χ0v) is 15.7. The van der Waals surface area contributed by atoms with Gasteiger partial charge in [0.25, 0.3) is 0 Å². The van der Waals surface area contributed by atoms with Gasteiger partial charge >= 0.3 is 0 Å². The quantitative estimate of drug-likeness (QED) is 0.701. The highest BCUT2D eigenvalue weighted by atomic mass is 15.2. The summed E-state index contributed by atoms with van der Waals surface area (Å²) < 4.78 is 0. The maximum absolute atomic E-state index is 6.27. The SMILES string of the molecule is N[C@H]1CCN(c2c3c(nc4ccc(-c5ccncc5)cc24)CCCCC3)C1. The molecule has 1 aromatic carbocycles. The molecule has 0 unspecified atom stereocenters. The molecule has 3 aromatic rings. The van der Waals surface area contributed by atoms with Crippen molar-refractivity contribution in [2.24, 2.45) is 5.73 Å². The molecule has 1 aliphatic heterocycles. The molecule has 1 aliphatic carbocycles. The number of nitrogens with two attached hydrogens (primary N) is 1. The van der Waals surface area contributed by atoms with Crippen LogP contribution in [0, 0.1) is 0 Å². The molecule has 0 radical (unpaired) electrons. The monoisotopic (exact) mass is 358 g/mol. The Balaban J connectivity index is 1.73. The van der Waals surface area contributed by atoms with E-state index in [1.54, 1.807) is 0 Å². The number of hydrogen-bond acceptors (Lipinski definition) is 4. The molecule has 0 saturated carbocycles. The van der Waals surface area contributed by atoms with Crippen LogP contribution in [-0.2, 0) is 12.8 Å². The van der Waals surface area contributed by atoms with Gasteiger partial charge in [-0.2, -0.15) is 0 Å². The predicted octanol–water partition coefficient (Wildman–Crippen LogP) is 4.10. The van der Waals surface area contributed by atoms with Gasteiger partial charge in [0.1, 0.15) is 0 Å². The summed E-state index contributed by atoms with van der Waals surface area (Å²) in [7, 11) is 0. The van der Waals surface area contributed by atoms with Crippen LogP contribution in [0.3, 0.4) is 0 Å². The number of fused-ring (bicyclic) bond motifs is 2. The van der Waals surface area contributed by atoms with Gasteiger partial charge in [-0.25, -0.2) is 0 Å². The minimum Gasteiger partial charge on any atom is -0.369 e. The number of benzene rings is 1. The summed E-state index contributed by atoms with van der Waals surface area (Å²) in [6.45, 7) is 2.00. The Hall–Kier alpha value is -2.46. The van der Waals surface area contributed by atoms with Crippen molar-refractivity contribution in [3.05, 3.63) is 54.0 Å². The van der Waals surface area contributed by atoms with Gasteiger partial charge < -0.3 is 10.6 Å². The van der Waals surface area contributed by atoms with Crippen LogP contribution in [0.2, 0.25) is 0 Å². The number of aryl methyl sites for hydroxylation is 1. The molecule has 1 fully saturated rings. The van der Waals surface area contributed by atoms with E-state index in [0.717, 1.165) is 37.9 Å². The Morgan fingerprint density at radius 1 is 0.963 bits per heavy atom. The van der Waals surface area contributed by atoms with E-state index in [-0.39, 0.29) is 6.04 Å². The van der Waals surface area contributed by atoms with Gasteiger partial charge in [0.15, 0.2) is 0 Å². The highest BCUT2D eigenvalue weighted by Crippen LogP contribution is 2.38. The highest BCUT2D eigenvalue weighted by molar-refractivity contribution is 5.97. The van der Waals surface area contributed by atoms with E-state index in [0.29, 0.717) is 0 Å². The molecule has 2 aliphatic rings. The summed E-state index contributed by atoms with van der Waals surface area (Å²) in [5.41, 5.74) is 14.0. The van der Waals surface area contributed by atoms with Crippen LogP contribution in [-0.4, -0.2) is 29.1 Å². The standard InChI is InChI=1S/C23H26N4/c24-18-10-13-27(15-18)23-19-4-2-1-3-5-21(19)26-22-7-6-17(14-20(22)23)16-8-11-25-12-9-16/h6-9,11-12,14,18H,1-5,10,13,15,24H2/t18-/m0/s1. The molecule has 4 heteroatoms. The Morgan fingerprint density at radius 2 is 1.81 bits per heavy atom. The highest BCUT2D eigenvalue weighted by Gasteiger charge is 2.26. The first kappa shape index (κ1) is 16.7. The van der Waals surface area contributed by atoms with Crippen molar-refractivity contribution in [2.45, 2.75) is 44.6 Å². The average molecular weight is 358 g/mol. The van der Waals surface area contributed by atoms with E-state index in [1.165, 1.54) is 52.7 Å². The normalized spacial score (nSPS) is 19.9. The molecule has 1 saturated heterocycles. The van der Waals surface area contributed by atoms with Gasteiger partial charge in [-0.3, -0.25) is 9.97 Å². The van der Waals surface area contributed by atoms with Gasteiger partial charge in [-0.1, -0.05) is 12.5 Å². The molecular formula is C23H26N4. The maximum Gasteiger partial charge on any atom is 0.0726 e. The minimum atomic E-state index is 0.276. The lowest BCUT2D eigenvalue weighted by Gasteiger charge is -2.25. The predicted molar refractivity (Wildman–Crippen MR) is 111 cm³/mol. The zero-order chi connectivity index (χ0) is 18.2. The summed E-state index contributed by atoms with van der Waals surface area (Å²) >= 11 is 0. The molecule has 1 atom stereocenters. The fourth-order valence-corrected chi connectivity index (χ4v) is 4.65. The number of anilines is 1. The number of hydrogen-bond donors (Lipinski definition) is 1. The van der Waals surface area contributed by atoms with E-state index in [4.69, 9.17) is 10.7 Å². The Morgan fingerprint density at radius 3 is 2.63 bits per heavy atom. The van der Waals surface area contributed by atoms with Crippen LogP contribution in [0.4, 0.5) is 5.69 Å². The number of pyridine rings is 2. The van der Waals surface area contributed by atoms with Crippen molar-refractivity contribution in [1.29, 1.82) is 0 Å². The summed E-state index contributed by atoms with van der Waals surface area (Å²) in [5, 5.41) is 1.28. The fraction of sp³-hybridized carbons (Fsp3) is 0.391. The Labute approximate surface area is 160 Å². The molecule has 27 heavy (non-hydrogen) atoms. The van der Waals surface area contributed by atoms with Crippen molar-refractivity contribution in [3.63, 3.8) is 0 Å². The van der Waals surface area contributed by atoms with E-state index >= 15 is 0 Å². The minimum absolute atomic E-state index is 0.276. The summed E-state index contributed by atoms with van der Waals surface area (Å²) in [6.07, 6.45) is 10.8. The topological polar surface area (TPSA) is 55.0 Å². The fourth-order valence-electron chi connectivity index (χ4n) is 4.65. The molecule has 2 aromatic heterocycles. The molecule has 5 rings (SSSR count). The van der Waals surface area contributed by atoms with Crippen molar-refractivity contribution < 1.29 is 0 Å². The number of nitrogens with zero attached hydrogens (tertiary/aromatic N) is 3. The van der Waals surface area contributed by atoms with Crippen LogP contribution in [0.1, 0.15) is 36.9 Å². The smallest absolute Gasteiger partial charge is 0.0726 e. The lowest BCUT2D eigenvalue weighted by atomic mass is 9.98. The second-order valence-electron chi connectivity index (χ2n) is 7.91. The van der Waals surface area contributed by atoms with Gasteiger partial charge in [0, 0.05) is 42.6 Å². The van der Waals surface area contributed by atoms with Crippen molar-refractivity contribution >= 4 is 16.6 Å². The van der Waals surface area contributed by atoms with Crippen molar-refractivity contribution in [2.75, 3.05) is 18.0 Å². The summed E-state index contributed by atoms with van der Waals surface area (Å²) in [6, 6.07) is 11.1. The van der Waals surface area contributed by atoms with Gasteiger partial charge in [-0.05, 0) is 73.1 Å². The molecule has 138 valence electrons. The van der Waals surface area contributed by atoms with Gasteiger partial charge in [0.2, 0.25) is 0 Å². The Bertz CT molecular complexity index is 967. The number of aromatic nitrogens is 2. The molecule has 4 nitrogen and oxygen atoms in total. The first-order valence-corrected chi connectivity index (χ1v) is 10.2. The first-order chi connectivity index (χ1) is 13.3. The summed E-state index contributed by atoms with van der Waals surface area (Å²) in [4.78, 5) is 11.8. The number of rotatable bonds is 2. The van der Waals surface area contributed by atoms with Crippen LogP contribution in [0.25, 0.3) is 22.0 Å². The molecule has 0 spiro atoms. The van der Waals surface area contributed by atoms with E-state index in [1.807, 2.05) is 12.4 Å². The molecule has 0 bridgehead atoms. The van der Waals surface area contributed by atoms with Crippen molar-refractivity contribution in [3.8, 4) is 11.1 Å². The van der Waals surface area contributed by atoms with Crippen LogP contribution < -0.4 is 10.6 Å². The Kier molecular flexibility index (Phi) is 4.29. The molecule has 0 amide bonds. The third-order valence-corrected chi connectivity index (χ3v) is 6.04. The third kappa shape index (κ3) is 3.08. The van der Waals surface area contributed by atoms with E-state index in [2.05, 4.69) is 40.2 Å². The maximum atomic E-state index is 6.27. The van der Waals surface area contributed by atoms with E-state index in [9.17, 15) is 0 Å². The van der Waals surface area contributed by atoms with Crippen molar-refractivity contribution in [1.82, 2.24) is 9.97 Å². The van der Waals surface area contributed by atoms with Gasteiger partial charge in [-0.15, -0.1) is 0 Å². The zero-order valence-electron chi connectivity index (χ0n) is 15.7. The van der Waals surface area contributed by atoms with Crippen LogP contribution in [0.5, 0.6) is 0 Å². The third-order valence-electron chi connectivity index (χ3n) is 6.04. The first-order valence-electron chi connectivity index (χ1n) is 10.2. The summed E-state index contributed by atoms with van der Waals surface area (Å²) in [5.74, 6) is 0. The second kappa shape index (κ2) is 6.93. The largest absolute Gasteiger partial charge is 0.369 e. The van der Waals surface area contributed by atoms with Crippen LogP contribution >= 0.6 is 0 Å². The lowest BCUT2D eigenvalue weighted by Crippen LogP contribution is -2.27. The molecule has 2 N–H and O–H groups in total. The second-order valence-corrected chi connectivity index (χ2v) is 7.91.